The molecule has 0 bridgehead atoms. The lowest BCUT2D eigenvalue weighted by molar-refractivity contribution is -0.135. The van der Waals surface area contributed by atoms with Gasteiger partial charge in [0, 0.05) is 26.1 Å². The van der Waals surface area contributed by atoms with Crippen molar-refractivity contribution in [2.45, 2.75) is 58.3 Å². The normalized spacial score (nSPS) is 18.6. The number of likely N-dealkylation sites (tertiary alicyclic amines) is 1. The zero-order chi connectivity index (χ0) is 22.3. The van der Waals surface area contributed by atoms with E-state index in [9.17, 15) is 20.0 Å². The summed E-state index contributed by atoms with van der Waals surface area (Å²) in [6.07, 6.45) is -0.379. The van der Waals surface area contributed by atoms with E-state index in [4.69, 9.17) is 4.74 Å². The first-order chi connectivity index (χ1) is 14.2. The van der Waals surface area contributed by atoms with Crippen molar-refractivity contribution in [1.82, 2.24) is 9.80 Å². The van der Waals surface area contributed by atoms with E-state index in [2.05, 4.69) is 11.4 Å². The van der Waals surface area contributed by atoms with Crippen LogP contribution >= 0.6 is 0 Å². The first kappa shape index (κ1) is 23.5. The number of carbonyl (C=O) groups excluding carboxylic acids is 2. The standard InChI is InChI=1S/C22H32N4O4/c1-5-11-25(12-10-24-18-9-7-6-8-16(18)14-23)20(28)19-13-17(27)15-26(19)21(29)30-22(2,3)4/h6-9,17,19,24,27H,5,10-13,15H2,1-4H3/t17-,19+/m1/s1. The summed E-state index contributed by atoms with van der Waals surface area (Å²) >= 11 is 0. The van der Waals surface area contributed by atoms with Gasteiger partial charge in [-0.1, -0.05) is 19.1 Å². The number of para-hydroxylation sites is 1. The number of aliphatic hydroxyl groups excluding tert-OH is 1. The number of carbonyl (C=O) groups is 2. The monoisotopic (exact) mass is 416 g/mol. The summed E-state index contributed by atoms with van der Waals surface area (Å²) in [6.45, 7) is 8.78. The summed E-state index contributed by atoms with van der Waals surface area (Å²) in [6, 6.07) is 8.59. The van der Waals surface area contributed by atoms with Crippen molar-refractivity contribution in [2.24, 2.45) is 0 Å². The van der Waals surface area contributed by atoms with Crippen LogP contribution < -0.4 is 5.32 Å². The van der Waals surface area contributed by atoms with Gasteiger partial charge in [0.1, 0.15) is 17.7 Å². The van der Waals surface area contributed by atoms with Crippen molar-refractivity contribution in [3.63, 3.8) is 0 Å². The van der Waals surface area contributed by atoms with Gasteiger partial charge in [0.25, 0.3) is 0 Å². The summed E-state index contributed by atoms with van der Waals surface area (Å²) in [5.41, 5.74) is 0.579. The minimum absolute atomic E-state index is 0.0824. The van der Waals surface area contributed by atoms with Gasteiger partial charge < -0.3 is 20.1 Å². The molecule has 2 amide bonds. The molecule has 1 saturated heterocycles. The topological polar surface area (TPSA) is 106 Å². The third-order valence-electron chi connectivity index (χ3n) is 4.74. The van der Waals surface area contributed by atoms with Gasteiger partial charge in [0.15, 0.2) is 0 Å². The second kappa shape index (κ2) is 10.3. The Morgan fingerprint density at radius 2 is 2.03 bits per heavy atom. The molecule has 2 rings (SSSR count). The number of anilines is 1. The molecule has 1 aliphatic rings. The Labute approximate surface area is 178 Å². The van der Waals surface area contributed by atoms with Crippen LogP contribution in [0.15, 0.2) is 24.3 Å². The first-order valence-corrected chi connectivity index (χ1v) is 10.4. The molecule has 0 aliphatic carbocycles. The smallest absolute Gasteiger partial charge is 0.411 e. The SMILES string of the molecule is CCCN(CCNc1ccccc1C#N)C(=O)[C@@H]1C[C@@H](O)CN1C(=O)OC(C)(C)C. The maximum Gasteiger partial charge on any atom is 0.411 e. The van der Waals surface area contributed by atoms with Crippen molar-refractivity contribution in [3.8, 4) is 6.07 Å². The van der Waals surface area contributed by atoms with Crippen LogP contribution in [0.25, 0.3) is 0 Å². The fourth-order valence-electron chi connectivity index (χ4n) is 3.44. The Hall–Kier alpha value is -2.79. The van der Waals surface area contributed by atoms with E-state index < -0.39 is 23.8 Å². The maximum absolute atomic E-state index is 13.2. The number of rotatable bonds is 7. The molecule has 1 aromatic rings. The van der Waals surface area contributed by atoms with Crippen LogP contribution in [0, 0.1) is 11.3 Å². The van der Waals surface area contributed by atoms with Gasteiger partial charge in [-0.3, -0.25) is 9.69 Å². The molecule has 0 spiro atoms. The first-order valence-electron chi connectivity index (χ1n) is 10.4. The van der Waals surface area contributed by atoms with E-state index in [0.717, 1.165) is 12.1 Å². The lowest BCUT2D eigenvalue weighted by Gasteiger charge is -2.31. The molecule has 1 aromatic carbocycles. The fourth-order valence-corrected chi connectivity index (χ4v) is 3.44. The second-order valence-corrected chi connectivity index (χ2v) is 8.45. The number of hydrogen-bond acceptors (Lipinski definition) is 6. The molecule has 1 aliphatic heterocycles. The van der Waals surface area contributed by atoms with E-state index >= 15 is 0 Å². The van der Waals surface area contributed by atoms with Gasteiger partial charge in [-0.25, -0.2) is 4.79 Å². The molecule has 1 heterocycles. The van der Waals surface area contributed by atoms with Gasteiger partial charge in [-0.05, 0) is 39.3 Å². The largest absolute Gasteiger partial charge is 0.444 e. The van der Waals surface area contributed by atoms with Crippen molar-refractivity contribution < 1.29 is 19.4 Å². The predicted molar refractivity (Wildman–Crippen MR) is 114 cm³/mol. The Kier molecular flexibility index (Phi) is 8.07. The van der Waals surface area contributed by atoms with E-state index in [-0.39, 0.29) is 18.9 Å². The quantitative estimate of drug-likeness (QED) is 0.708. The molecule has 0 radical (unpaired) electrons. The summed E-state index contributed by atoms with van der Waals surface area (Å²) in [5.74, 6) is -0.199. The van der Waals surface area contributed by atoms with E-state index in [0.29, 0.717) is 25.2 Å². The summed E-state index contributed by atoms with van der Waals surface area (Å²) in [4.78, 5) is 28.8. The van der Waals surface area contributed by atoms with Crippen molar-refractivity contribution >= 4 is 17.7 Å². The Balaban J connectivity index is 2.05. The lowest BCUT2D eigenvalue weighted by atomic mass is 10.1. The molecular weight excluding hydrogens is 384 g/mol. The number of amides is 2. The molecule has 164 valence electrons. The molecule has 30 heavy (non-hydrogen) atoms. The van der Waals surface area contributed by atoms with Crippen LogP contribution in [0.4, 0.5) is 10.5 Å². The summed E-state index contributed by atoms with van der Waals surface area (Å²) in [7, 11) is 0. The molecule has 0 saturated carbocycles. The molecular formula is C22H32N4O4. The molecule has 2 N–H and O–H groups in total. The van der Waals surface area contributed by atoms with Crippen molar-refractivity contribution in [2.75, 3.05) is 31.5 Å². The van der Waals surface area contributed by atoms with Gasteiger partial charge in [0.2, 0.25) is 5.91 Å². The molecule has 8 heteroatoms. The van der Waals surface area contributed by atoms with Gasteiger partial charge in [0.05, 0.1) is 23.9 Å². The Morgan fingerprint density at radius 3 is 2.67 bits per heavy atom. The molecule has 8 nitrogen and oxygen atoms in total. The van der Waals surface area contributed by atoms with Crippen LogP contribution in [0.2, 0.25) is 0 Å². The fraction of sp³-hybridized carbons (Fsp3) is 0.591. The minimum atomic E-state index is -0.754. The number of nitrogens with zero attached hydrogens (tertiary/aromatic N) is 3. The zero-order valence-corrected chi connectivity index (χ0v) is 18.2. The summed E-state index contributed by atoms with van der Waals surface area (Å²) in [5, 5.41) is 22.5. The Morgan fingerprint density at radius 1 is 1.33 bits per heavy atom. The van der Waals surface area contributed by atoms with Gasteiger partial charge in [-0.2, -0.15) is 5.26 Å². The van der Waals surface area contributed by atoms with Crippen LogP contribution in [0.5, 0.6) is 0 Å². The predicted octanol–water partition coefficient (Wildman–Crippen LogP) is 2.58. The van der Waals surface area contributed by atoms with Crippen LogP contribution in [0.3, 0.4) is 0 Å². The third kappa shape index (κ3) is 6.36. The second-order valence-electron chi connectivity index (χ2n) is 8.45. The highest BCUT2D eigenvalue weighted by atomic mass is 16.6. The van der Waals surface area contributed by atoms with Crippen LogP contribution in [0.1, 0.15) is 46.1 Å². The molecule has 0 unspecified atom stereocenters. The molecule has 2 atom stereocenters. The highest BCUT2D eigenvalue weighted by Gasteiger charge is 2.42. The van der Waals surface area contributed by atoms with E-state index in [1.807, 2.05) is 19.1 Å². The van der Waals surface area contributed by atoms with Crippen LogP contribution in [-0.2, 0) is 9.53 Å². The van der Waals surface area contributed by atoms with Gasteiger partial charge in [-0.15, -0.1) is 0 Å². The van der Waals surface area contributed by atoms with Gasteiger partial charge >= 0.3 is 6.09 Å². The van der Waals surface area contributed by atoms with Crippen LogP contribution in [-0.4, -0.2) is 70.8 Å². The Bertz CT molecular complexity index is 784. The zero-order valence-electron chi connectivity index (χ0n) is 18.2. The maximum atomic E-state index is 13.2. The number of benzene rings is 1. The van der Waals surface area contributed by atoms with Crippen molar-refractivity contribution in [1.29, 1.82) is 5.26 Å². The number of nitrogens with one attached hydrogen (secondary N) is 1. The molecule has 1 fully saturated rings. The number of ether oxygens (including phenoxy) is 1. The third-order valence-corrected chi connectivity index (χ3v) is 4.74. The minimum Gasteiger partial charge on any atom is -0.444 e. The summed E-state index contributed by atoms with van der Waals surface area (Å²) < 4.78 is 5.42. The number of hydrogen-bond donors (Lipinski definition) is 2. The number of aliphatic hydroxyl groups is 1. The lowest BCUT2D eigenvalue weighted by Crippen LogP contribution is -2.50. The van der Waals surface area contributed by atoms with E-state index in [1.54, 1.807) is 37.8 Å². The number of nitriles is 1. The average molecular weight is 417 g/mol. The number of β-amino-alcohol motifs (C(OH)–C–C–N with tert-alkyl or cyclic N) is 1. The highest BCUT2D eigenvalue weighted by Crippen LogP contribution is 2.23. The average Bonchev–Trinajstić information content (AvgIpc) is 3.08. The van der Waals surface area contributed by atoms with Crippen molar-refractivity contribution in [3.05, 3.63) is 29.8 Å². The highest BCUT2D eigenvalue weighted by molar-refractivity contribution is 5.86. The van der Waals surface area contributed by atoms with E-state index in [1.165, 1.54) is 4.90 Å². The molecule has 0 aromatic heterocycles.